The lowest BCUT2D eigenvalue weighted by Crippen LogP contribution is -2.28. The number of nitrogens with zero attached hydrogens (tertiary/aromatic N) is 1. The van der Waals surface area contributed by atoms with Gasteiger partial charge < -0.3 is 15.4 Å². The molecule has 2 N–H and O–H groups in total. The van der Waals surface area contributed by atoms with Crippen molar-refractivity contribution in [2.24, 2.45) is 0 Å². The largest absolute Gasteiger partial charge is 0.482 e. The number of hydrogen-bond donors (Lipinski definition) is 2. The van der Waals surface area contributed by atoms with E-state index in [1.54, 1.807) is 24.4 Å². The Kier molecular flexibility index (Phi) is 3.74. The number of nitrogens with one attached hydrogen (secondary N) is 2. The third-order valence-corrected chi connectivity index (χ3v) is 3.36. The number of hydrogen-bond acceptors (Lipinski definition) is 4. The number of pyridine rings is 1. The van der Waals surface area contributed by atoms with Crippen LogP contribution in [-0.4, -0.2) is 23.4 Å². The highest BCUT2D eigenvalue weighted by Gasteiger charge is 2.19. The van der Waals surface area contributed by atoms with Gasteiger partial charge in [-0.2, -0.15) is 0 Å². The normalized spacial score (nSPS) is 14.3. The van der Waals surface area contributed by atoms with Gasteiger partial charge in [0.2, 0.25) is 0 Å². The van der Waals surface area contributed by atoms with E-state index in [4.69, 9.17) is 4.74 Å². The maximum atomic E-state index is 12.3. The van der Waals surface area contributed by atoms with Gasteiger partial charge in [-0.25, -0.2) is 0 Å². The molecule has 6 heteroatoms. The number of anilines is 1. The summed E-state index contributed by atoms with van der Waals surface area (Å²) in [6.45, 7) is 1.83. The van der Waals surface area contributed by atoms with Crippen LogP contribution in [0.15, 0.2) is 42.6 Å². The van der Waals surface area contributed by atoms with E-state index in [2.05, 4.69) is 15.6 Å². The Hall–Kier alpha value is -2.89. The second-order valence-corrected chi connectivity index (χ2v) is 5.00. The Morgan fingerprint density at radius 3 is 3.00 bits per heavy atom. The van der Waals surface area contributed by atoms with Crippen molar-refractivity contribution in [3.63, 3.8) is 0 Å². The molecule has 22 heavy (non-hydrogen) atoms. The molecule has 1 aromatic carbocycles. The summed E-state index contributed by atoms with van der Waals surface area (Å²) in [6.07, 6.45) is 1.69. The molecule has 1 aromatic heterocycles. The Labute approximate surface area is 127 Å². The quantitative estimate of drug-likeness (QED) is 0.906. The molecule has 2 aromatic rings. The van der Waals surface area contributed by atoms with Crippen molar-refractivity contribution >= 4 is 17.5 Å². The van der Waals surface area contributed by atoms with Gasteiger partial charge in [0.05, 0.1) is 17.4 Å². The second-order valence-electron chi connectivity index (χ2n) is 5.00. The molecule has 0 aliphatic carbocycles. The topological polar surface area (TPSA) is 80.3 Å². The number of carbonyl (C=O) groups excluding carboxylic acids is 2. The minimum atomic E-state index is -0.221. The number of rotatable bonds is 3. The van der Waals surface area contributed by atoms with Gasteiger partial charge in [-0.3, -0.25) is 14.6 Å². The van der Waals surface area contributed by atoms with Gasteiger partial charge in [0.25, 0.3) is 11.8 Å². The van der Waals surface area contributed by atoms with E-state index in [0.717, 1.165) is 5.69 Å². The number of fused-ring (bicyclic) bond motifs is 1. The van der Waals surface area contributed by atoms with Crippen molar-refractivity contribution in [1.29, 1.82) is 0 Å². The predicted octanol–water partition coefficient (Wildman–Crippen LogP) is 1.90. The SMILES string of the molecule is C[C@H](NC(=O)c1ccc2c(c1)OCC(=O)N2)c1ccccn1. The van der Waals surface area contributed by atoms with Crippen molar-refractivity contribution in [3.8, 4) is 5.75 Å². The molecule has 2 amide bonds. The van der Waals surface area contributed by atoms with Crippen LogP contribution in [0.4, 0.5) is 5.69 Å². The summed E-state index contributed by atoms with van der Waals surface area (Å²) in [7, 11) is 0. The average Bonchev–Trinajstić information content (AvgIpc) is 2.55. The average molecular weight is 297 g/mol. The van der Waals surface area contributed by atoms with E-state index in [0.29, 0.717) is 17.0 Å². The lowest BCUT2D eigenvalue weighted by Gasteiger charge is -2.19. The summed E-state index contributed by atoms with van der Waals surface area (Å²) >= 11 is 0. The summed E-state index contributed by atoms with van der Waals surface area (Å²) in [4.78, 5) is 27.7. The van der Waals surface area contributed by atoms with Crippen LogP contribution < -0.4 is 15.4 Å². The molecule has 0 radical (unpaired) electrons. The fourth-order valence-electron chi connectivity index (χ4n) is 2.20. The van der Waals surface area contributed by atoms with E-state index < -0.39 is 0 Å². The zero-order valence-corrected chi connectivity index (χ0v) is 12.0. The van der Waals surface area contributed by atoms with E-state index in [1.165, 1.54) is 0 Å². The summed E-state index contributed by atoms with van der Waals surface area (Å²) < 4.78 is 5.31. The Morgan fingerprint density at radius 2 is 2.23 bits per heavy atom. The van der Waals surface area contributed by atoms with Gasteiger partial charge in [-0.15, -0.1) is 0 Å². The molecule has 1 aliphatic rings. The molecule has 3 rings (SSSR count). The molecule has 2 heterocycles. The monoisotopic (exact) mass is 297 g/mol. The van der Waals surface area contributed by atoms with Crippen molar-refractivity contribution in [2.75, 3.05) is 11.9 Å². The number of benzene rings is 1. The highest BCUT2D eigenvalue weighted by molar-refractivity contribution is 5.99. The molecule has 6 nitrogen and oxygen atoms in total. The fourth-order valence-corrected chi connectivity index (χ4v) is 2.20. The van der Waals surface area contributed by atoms with Gasteiger partial charge in [0.1, 0.15) is 5.75 Å². The summed E-state index contributed by atoms with van der Waals surface area (Å²) in [6, 6.07) is 10.3. The third-order valence-electron chi connectivity index (χ3n) is 3.36. The first-order valence-corrected chi connectivity index (χ1v) is 6.92. The van der Waals surface area contributed by atoms with E-state index >= 15 is 0 Å². The van der Waals surface area contributed by atoms with Crippen molar-refractivity contribution in [1.82, 2.24) is 10.3 Å². The van der Waals surface area contributed by atoms with Gasteiger partial charge in [0, 0.05) is 11.8 Å². The van der Waals surface area contributed by atoms with Crippen molar-refractivity contribution in [3.05, 3.63) is 53.9 Å². The first kappa shape index (κ1) is 14.1. The molecule has 0 saturated heterocycles. The molecule has 0 bridgehead atoms. The van der Waals surface area contributed by atoms with Crippen LogP contribution in [0.5, 0.6) is 5.75 Å². The van der Waals surface area contributed by atoms with Gasteiger partial charge in [-0.05, 0) is 37.3 Å². The minimum Gasteiger partial charge on any atom is -0.482 e. The Bertz CT molecular complexity index is 716. The second kappa shape index (κ2) is 5.85. The molecular weight excluding hydrogens is 282 g/mol. The maximum Gasteiger partial charge on any atom is 0.262 e. The molecule has 0 unspecified atom stereocenters. The zero-order chi connectivity index (χ0) is 15.5. The van der Waals surface area contributed by atoms with Crippen molar-refractivity contribution in [2.45, 2.75) is 13.0 Å². The van der Waals surface area contributed by atoms with E-state index in [9.17, 15) is 9.59 Å². The van der Waals surface area contributed by atoms with Gasteiger partial charge in [0.15, 0.2) is 6.61 Å². The maximum absolute atomic E-state index is 12.3. The van der Waals surface area contributed by atoms with Crippen LogP contribution in [0.2, 0.25) is 0 Å². The highest BCUT2D eigenvalue weighted by Crippen LogP contribution is 2.28. The Balaban J connectivity index is 1.74. The smallest absolute Gasteiger partial charge is 0.262 e. The predicted molar refractivity (Wildman–Crippen MR) is 80.7 cm³/mol. The van der Waals surface area contributed by atoms with Crippen LogP contribution in [0.25, 0.3) is 0 Å². The van der Waals surface area contributed by atoms with Gasteiger partial charge in [-0.1, -0.05) is 6.07 Å². The van der Waals surface area contributed by atoms with Crippen molar-refractivity contribution < 1.29 is 14.3 Å². The Morgan fingerprint density at radius 1 is 1.36 bits per heavy atom. The molecule has 0 saturated carbocycles. The lowest BCUT2D eigenvalue weighted by molar-refractivity contribution is -0.118. The van der Waals surface area contributed by atoms with Crippen LogP contribution in [0, 0.1) is 0 Å². The number of amides is 2. The molecule has 112 valence electrons. The zero-order valence-electron chi connectivity index (χ0n) is 12.0. The molecule has 1 aliphatic heterocycles. The molecule has 0 fully saturated rings. The van der Waals surface area contributed by atoms with Crippen LogP contribution in [-0.2, 0) is 4.79 Å². The lowest BCUT2D eigenvalue weighted by atomic mass is 10.1. The van der Waals surface area contributed by atoms with E-state index in [1.807, 2.05) is 25.1 Å². The molecular formula is C16H15N3O3. The number of carbonyl (C=O) groups is 2. The van der Waals surface area contributed by atoms with Crippen LogP contribution in [0.3, 0.4) is 0 Å². The van der Waals surface area contributed by atoms with Gasteiger partial charge >= 0.3 is 0 Å². The summed E-state index contributed by atoms with van der Waals surface area (Å²) in [5.41, 5.74) is 1.83. The first-order valence-electron chi connectivity index (χ1n) is 6.92. The van der Waals surface area contributed by atoms with E-state index in [-0.39, 0.29) is 24.5 Å². The molecule has 0 spiro atoms. The standard InChI is InChI=1S/C16H15N3O3/c1-10(12-4-2-3-7-17-12)18-16(21)11-5-6-13-14(8-11)22-9-15(20)19-13/h2-8,10H,9H2,1H3,(H,18,21)(H,19,20)/t10-/m0/s1. The first-order chi connectivity index (χ1) is 10.6. The fraction of sp³-hybridized carbons (Fsp3) is 0.188. The number of aromatic nitrogens is 1. The summed E-state index contributed by atoms with van der Waals surface area (Å²) in [5, 5.41) is 5.57. The molecule has 1 atom stereocenters. The van der Waals surface area contributed by atoms with Crippen LogP contribution in [0.1, 0.15) is 29.0 Å². The summed E-state index contributed by atoms with van der Waals surface area (Å²) in [5.74, 6) is 0.0765. The number of ether oxygens (including phenoxy) is 1. The third kappa shape index (κ3) is 2.90. The highest BCUT2D eigenvalue weighted by atomic mass is 16.5. The minimum absolute atomic E-state index is 0.0393. The van der Waals surface area contributed by atoms with Crippen LogP contribution >= 0.6 is 0 Å².